The monoisotopic (exact) mass is 396 g/mol. The first-order valence-electron chi connectivity index (χ1n) is 8.97. The van der Waals surface area contributed by atoms with Gasteiger partial charge >= 0.3 is 0 Å². The molecule has 1 fully saturated rings. The molecule has 146 valence electrons. The minimum absolute atomic E-state index is 0.0464. The zero-order valence-electron chi connectivity index (χ0n) is 16.5. The third-order valence-electron chi connectivity index (χ3n) is 4.39. The lowest BCUT2D eigenvalue weighted by Gasteiger charge is -2.15. The molecule has 1 atom stereocenters. The largest absolute Gasteiger partial charge is 0.497 e. The van der Waals surface area contributed by atoms with Crippen LogP contribution in [0.15, 0.2) is 58.7 Å². The summed E-state index contributed by atoms with van der Waals surface area (Å²) in [6, 6.07) is 15.7. The number of carbonyl (C=O) groups excluding carboxylic acids is 1. The Bertz CT molecular complexity index is 876. The molecule has 1 aliphatic heterocycles. The van der Waals surface area contributed by atoms with Crippen molar-refractivity contribution in [2.75, 3.05) is 26.1 Å². The van der Waals surface area contributed by atoms with Crippen molar-refractivity contribution in [3.8, 4) is 5.75 Å². The van der Waals surface area contributed by atoms with Crippen LogP contribution in [0, 0.1) is 0 Å². The lowest BCUT2D eigenvalue weighted by Crippen LogP contribution is -2.30. The number of amides is 1. The number of nitrogens with zero attached hydrogens (tertiary/aromatic N) is 4. The predicted octanol–water partition coefficient (Wildman–Crippen LogP) is 3.62. The fourth-order valence-corrected chi connectivity index (χ4v) is 3.65. The fraction of sp³-hybridized carbons (Fsp3) is 0.286. The molecule has 28 heavy (non-hydrogen) atoms. The molecule has 0 N–H and O–H groups in total. The van der Waals surface area contributed by atoms with Crippen molar-refractivity contribution in [3.05, 3.63) is 59.7 Å². The number of thioether (sulfide) groups is 1. The number of rotatable bonds is 6. The summed E-state index contributed by atoms with van der Waals surface area (Å²) in [5, 5.41) is 8.97. The Morgan fingerprint density at radius 1 is 1.14 bits per heavy atom. The third kappa shape index (κ3) is 4.72. The maximum atomic E-state index is 12.5. The van der Waals surface area contributed by atoms with Crippen molar-refractivity contribution < 1.29 is 9.53 Å². The van der Waals surface area contributed by atoms with Crippen LogP contribution in [0.2, 0.25) is 0 Å². The van der Waals surface area contributed by atoms with Crippen LogP contribution >= 0.6 is 11.8 Å². The number of carbonyl (C=O) groups is 1. The first kappa shape index (κ1) is 19.9. The van der Waals surface area contributed by atoms with E-state index in [0.717, 1.165) is 22.6 Å². The minimum Gasteiger partial charge on any atom is -0.497 e. The van der Waals surface area contributed by atoms with Gasteiger partial charge in [-0.3, -0.25) is 9.69 Å². The Morgan fingerprint density at radius 2 is 1.82 bits per heavy atom. The topological polar surface area (TPSA) is 57.5 Å². The molecule has 7 heteroatoms. The molecular weight excluding hydrogens is 372 g/mol. The van der Waals surface area contributed by atoms with E-state index < -0.39 is 0 Å². The number of ether oxygens (including phenoxy) is 1. The van der Waals surface area contributed by atoms with Crippen molar-refractivity contribution in [3.63, 3.8) is 0 Å². The van der Waals surface area contributed by atoms with Crippen LogP contribution in [0.4, 0.5) is 5.69 Å². The molecule has 0 aromatic heterocycles. The highest BCUT2D eigenvalue weighted by atomic mass is 32.2. The van der Waals surface area contributed by atoms with E-state index in [9.17, 15) is 4.79 Å². The molecule has 0 spiro atoms. The summed E-state index contributed by atoms with van der Waals surface area (Å²) in [5.41, 5.74) is 3.10. The first-order chi connectivity index (χ1) is 13.5. The van der Waals surface area contributed by atoms with Gasteiger partial charge in [-0.1, -0.05) is 36.0 Å². The Hall–Kier alpha value is -2.80. The maximum absolute atomic E-state index is 12.5. The Labute approximate surface area is 169 Å². The summed E-state index contributed by atoms with van der Waals surface area (Å²) in [4.78, 5) is 16.2. The molecule has 1 amide bonds. The average Bonchev–Trinajstić information content (AvgIpc) is 2.96. The van der Waals surface area contributed by atoms with Gasteiger partial charge in [0.1, 0.15) is 5.75 Å². The van der Waals surface area contributed by atoms with Gasteiger partial charge in [0.25, 0.3) is 0 Å². The molecule has 2 aromatic rings. The maximum Gasteiger partial charge on any atom is 0.242 e. The number of hydrogen-bond donors (Lipinski definition) is 0. The summed E-state index contributed by atoms with van der Waals surface area (Å²) < 4.78 is 5.18. The quantitative estimate of drug-likeness (QED) is 0.553. The molecule has 1 saturated heterocycles. The van der Waals surface area contributed by atoms with Gasteiger partial charge in [0.15, 0.2) is 5.17 Å². The van der Waals surface area contributed by atoms with Gasteiger partial charge in [-0.25, -0.2) is 0 Å². The van der Waals surface area contributed by atoms with Crippen LogP contribution in [0.5, 0.6) is 5.75 Å². The van der Waals surface area contributed by atoms with Crippen LogP contribution in [0.25, 0.3) is 0 Å². The Morgan fingerprint density at radius 3 is 2.43 bits per heavy atom. The molecule has 0 aliphatic carbocycles. The van der Waals surface area contributed by atoms with E-state index in [4.69, 9.17) is 4.74 Å². The van der Waals surface area contributed by atoms with Crippen molar-refractivity contribution in [2.45, 2.75) is 18.7 Å². The van der Waals surface area contributed by atoms with E-state index in [-0.39, 0.29) is 11.2 Å². The van der Waals surface area contributed by atoms with E-state index in [1.807, 2.05) is 74.4 Å². The number of anilines is 1. The van der Waals surface area contributed by atoms with Gasteiger partial charge in [0, 0.05) is 19.8 Å². The lowest BCUT2D eigenvalue weighted by atomic mass is 10.2. The van der Waals surface area contributed by atoms with Crippen LogP contribution in [0.1, 0.15) is 18.1 Å². The van der Waals surface area contributed by atoms with E-state index >= 15 is 0 Å². The van der Waals surface area contributed by atoms with Crippen LogP contribution in [-0.2, 0) is 11.3 Å². The highest BCUT2D eigenvalue weighted by Gasteiger charge is 2.35. The SMILES string of the molecule is COc1ccc(CN2C(=O)[C@H](C)S/C2=N/N=C\c2ccc(N(C)C)cc2)cc1. The molecule has 2 aromatic carbocycles. The number of amidine groups is 1. The van der Waals surface area contributed by atoms with Crippen molar-refractivity contribution in [1.29, 1.82) is 0 Å². The van der Waals surface area contributed by atoms with Gasteiger partial charge in [0.05, 0.1) is 25.1 Å². The molecule has 0 bridgehead atoms. The van der Waals surface area contributed by atoms with Crippen molar-refractivity contribution in [2.24, 2.45) is 10.2 Å². The van der Waals surface area contributed by atoms with Crippen LogP contribution in [0.3, 0.4) is 0 Å². The zero-order valence-corrected chi connectivity index (χ0v) is 17.3. The highest BCUT2D eigenvalue weighted by Crippen LogP contribution is 2.28. The number of methoxy groups -OCH3 is 1. The molecular formula is C21H24N4O2S. The summed E-state index contributed by atoms with van der Waals surface area (Å²) in [7, 11) is 5.64. The molecule has 0 radical (unpaired) electrons. The highest BCUT2D eigenvalue weighted by molar-refractivity contribution is 8.15. The molecule has 0 unspecified atom stereocenters. The van der Waals surface area contributed by atoms with Crippen LogP contribution in [-0.4, -0.2) is 48.6 Å². The van der Waals surface area contributed by atoms with Crippen molar-refractivity contribution in [1.82, 2.24) is 4.90 Å². The summed E-state index contributed by atoms with van der Waals surface area (Å²) in [6.45, 7) is 2.35. The number of hydrogen-bond acceptors (Lipinski definition) is 6. The van der Waals surface area contributed by atoms with E-state index in [0.29, 0.717) is 11.7 Å². The van der Waals surface area contributed by atoms with Gasteiger partial charge in [0.2, 0.25) is 5.91 Å². The average molecular weight is 397 g/mol. The van der Waals surface area contributed by atoms with Crippen LogP contribution < -0.4 is 9.64 Å². The Kier molecular flexibility index (Phi) is 6.36. The van der Waals surface area contributed by atoms with Gasteiger partial charge < -0.3 is 9.64 Å². The molecule has 1 aliphatic rings. The first-order valence-corrected chi connectivity index (χ1v) is 9.85. The third-order valence-corrected chi connectivity index (χ3v) is 5.45. The lowest BCUT2D eigenvalue weighted by molar-refractivity contribution is -0.126. The second kappa shape index (κ2) is 8.93. The summed E-state index contributed by atoms with van der Waals surface area (Å²) in [5.74, 6) is 0.836. The summed E-state index contributed by atoms with van der Waals surface area (Å²) >= 11 is 1.43. The Balaban J connectivity index is 1.73. The van der Waals surface area contributed by atoms with Gasteiger partial charge in [-0.15, -0.1) is 5.10 Å². The van der Waals surface area contributed by atoms with E-state index in [1.54, 1.807) is 18.2 Å². The molecule has 3 rings (SSSR count). The molecule has 0 saturated carbocycles. The fourth-order valence-electron chi connectivity index (χ4n) is 2.73. The standard InChI is InChI=1S/C21H24N4O2S/c1-15-20(26)25(14-17-7-11-19(27-4)12-8-17)21(28-15)23-22-13-16-5-9-18(10-6-16)24(2)3/h5-13,15H,14H2,1-4H3/b22-13-,23-21+/t15-/m0/s1. The normalized spacial score (nSPS) is 18.3. The number of benzene rings is 2. The van der Waals surface area contributed by atoms with E-state index in [1.165, 1.54) is 11.8 Å². The summed E-state index contributed by atoms with van der Waals surface area (Å²) in [6.07, 6.45) is 1.70. The van der Waals surface area contributed by atoms with Gasteiger partial charge in [-0.05, 0) is 42.3 Å². The smallest absolute Gasteiger partial charge is 0.242 e. The van der Waals surface area contributed by atoms with Crippen molar-refractivity contribution >= 4 is 34.7 Å². The second-order valence-corrected chi connectivity index (χ2v) is 7.95. The minimum atomic E-state index is -0.161. The molecule has 6 nitrogen and oxygen atoms in total. The van der Waals surface area contributed by atoms with E-state index in [2.05, 4.69) is 10.2 Å². The van der Waals surface area contributed by atoms with Gasteiger partial charge in [-0.2, -0.15) is 5.10 Å². The zero-order chi connectivity index (χ0) is 20.1. The predicted molar refractivity (Wildman–Crippen MR) is 116 cm³/mol. The second-order valence-electron chi connectivity index (χ2n) is 6.65. The molecule has 1 heterocycles.